The molecule has 0 aliphatic heterocycles. The van der Waals surface area contributed by atoms with E-state index >= 15 is 0 Å². The summed E-state index contributed by atoms with van der Waals surface area (Å²) >= 11 is -0.463. The Morgan fingerprint density at radius 3 is 2.75 bits per heavy atom. The third kappa shape index (κ3) is 6.27. The van der Waals surface area contributed by atoms with Crippen LogP contribution < -0.4 is 0 Å². The summed E-state index contributed by atoms with van der Waals surface area (Å²) in [6, 6.07) is 9.97. The standard InChI is InChI=1S/C13H18O2Te/c1-2-3-9-16-13(14)11-15-10-12-7-5-4-6-8-12/h4-8H,2-3,9-11H2,1H3. The molecule has 0 bridgehead atoms. The molecule has 0 spiro atoms. The molecule has 16 heavy (non-hydrogen) atoms. The fourth-order valence-electron chi connectivity index (χ4n) is 1.20. The summed E-state index contributed by atoms with van der Waals surface area (Å²) in [6.07, 6.45) is 2.37. The fourth-order valence-corrected chi connectivity index (χ4v) is 3.56. The van der Waals surface area contributed by atoms with Crippen molar-refractivity contribution in [1.82, 2.24) is 0 Å². The second-order valence-electron chi connectivity index (χ2n) is 3.55. The topological polar surface area (TPSA) is 26.3 Å². The molecule has 0 radical (unpaired) electrons. The molecule has 0 aromatic heterocycles. The molecule has 1 aromatic rings. The predicted octanol–water partition coefficient (Wildman–Crippen LogP) is 2.65. The van der Waals surface area contributed by atoms with Crippen LogP contribution in [0.4, 0.5) is 0 Å². The SMILES string of the molecule is CCCC[Te]C(=O)COCc1ccccc1. The van der Waals surface area contributed by atoms with Gasteiger partial charge in [0.05, 0.1) is 0 Å². The Kier molecular flexibility index (Phi) is 7.50. The number of rotatable bonds is 8. The molecule has 3 heteroatoms. The van der Waals surface area contributed by atoms with Crippen LogP contribution in [0.1, 0.15) is 25.3 Å². The van der Waals surface area contributed by atoms with E-state index in [1.165, 1.54) is 12.8 Å². The molecule has 0 atom stereocenters. The zero-order valence-electron chi connectivity index (χ0n) is 9.65. The van der Waals surface area contributed by atoms with E-state index in [2.05, 4.69) is 6.92 Å². The Hall–Kier alpha value is -0.360. The molecule has 2 nitrogen and oxygen atoms in total. The molecule has 0 amide bonds. The van der Waals surface area contributed by atoms with Gasteiger partial charge in [0.2, 0.25) is 0 Å². The van der Waals surface area contributed by atoms with E-state index in [9.17, 15) is 4.79 Å². The van der Waals surface area contributed by atoms with Crippen molar-refractivity contribution in [3.05, 3.63) is 35.9 Å². The van der Waals surface area contributed by atoms with Gasteiger partial charge in [0, 0.05) is 0 Å². The predicted molar refractivity (Wildman–Crippen MR) is 66.6 cm³/mol. The summed E-state index contributed by atoms with van der Waals surface area (Å²) in [7, 11) is 0. The van der Waals surface area contributed by atoms with Crippen LogP contribution in [-0.4, -0.2) is 31.4 Å². The number of ether oxygens (including phenoxy) is 1. The van der Waals surface area contributed by atoms with Gasteiger partial charge >= 0.3 is 108 Å². The molecule has 0 aliphatic rings. The van der Waals surface area contributed by atoms with Crippen molar-refractivity contribution in [2.75, 3.05) is 6.61 Å². The van der Waals surface area contributed by atoms with Crippen LogP contribution in [0.15, 0.2) is 30.3 Å². The van der Waals surface area contributed by atoms with Crippen LogP contribution in [-0.2, 0) is 16.1 Å². The van der Waals surface area contributed by atoms with E-state index in [0.29, 0.717) is 17.0 Å². The third-order valence-corrected chi connectivity index (χ3v) is 4.75. The van der Waals surface area contributed by atoms with Crippen molar-refractivity contribution in [3.8, 4) is 0 Å². The Morgan fingerprint density at radius 2 is 2.06 bits per heavy atom. The molecule has 1 rings (SSSR count). The first-order chi connectivity index (χ1) is 7.83. The molecule has 88 valence electrons. The van der Waals surface area contributed by atoms with Crippen LogP contribution in [0.3, 0.4) is 0 Å². The van der Waals surface area contributed by atoms with Crippen molar-refractivity contribution in [3.63, 3.8) is 0 Å². The van der Waals surface area contributed by atoms with Crippen molar-refractivity contribution in [1.29, 1.82) is 0 Å². The summed E-state index contributed by atoms with van der Waals surface area (Å²) in [6.45, 7) is 3.01. The number of unbranched alkanes of at least 4 members (excludes halogenated alkanes) is 1. The summed E-state index contributed by atoms with van der Waals surface area (Å²) in [5.41, 5.74) is 1.13. The molecule has 0 aliphatic carbocycles. The Morgan fingerprint density at radius 1 is 1.31 bits per heavy atom. The number of hydrogen-bond acceptors (Lipinski definition) is 2. The van der Waals surface area contributed by atoms with Gasteiger partial charge in [-0.1, -0.05) is 0 Å². The third-order valence-electron chi connectivity index (χ3n) is 2.09. The minimum atomic E-state index is -0.463. The maximum absolute atomic E-state index is 11.4. The van der Waals surface area contributed by atoms with Crippen molar-refractivity contribution in [2.24, 2.45) is 0 Å². The molecule has 1 aromatic carbocycles. The van der Waals surface area contributed by atoms with Gasteiger partial charge in [-0.05, 0) is 0 Å². The summed E-state index contributed by atoms with van der Waals surface area (Å²) in [5, 5.41) is 0. The quantitative estimate of drug-likeness (QED) is 0.540. The van der Waals surface area contributed by atoms with E-state index in [4.69, 9.17) is 4.74 Å². The second-order valence-corrected chi connectivity index (χ2v) is 6.84. The van der Waals surface area contributed by atoms with Crippen LogP contribution in [0.25, 0.3) is 0 Å². The molecular weight excluding hydrogens is 316 g/mol. The monoisotopic (exact) mass is 336 g/mol. The maximum atomic E-state index is 11.4. The van der Waals surface area contributed by atoms with Gasteiger partial charge in [-0.3, -0.25) is 0 Å². The Bertz CT molecular complexity index is 298. The molecule has 0 heterocycles. The first-order valence-corrected chi connectivity index (χ1v) is 8.41. The van der Waals surface area contributed by atoms with E-state index < -0.39 is 20.9 Å². The summed E-state index contributed by atoms with van der Waals surface area (Å²) < 4.78 is 6.86. The molecule has 0 saturated heterocycles. The zero-order valence-corrected chi connectivity index (χ0v) is 12.0. The normalized spacial score (nSPS) is 10.3. The van der Waals surface area contributed by atoms with Gasteiger partial charge in [0.25, 0.3) is 0 Å². The van der Waals surface area contributed by atoms with Gasteiger partial charge in [-0.15, -0.1) is 0 Å². The average molecular weight is 334 g/mol. The molecule has 0 fully saturated rings. The van der Waals surface area contributed by atoms with Gasteiger partial charge in [-0.2, -0.15) is 0 Å². The van der Waals surface area contributed by atoms with Crippen molar-refractivity contribution in [2.45, 2.75) is 30.8 Å². The first-order valence-electron chi connectivity index (χ1n) is 5.60. The Labute approximate surface area is 107 Å². The van der Waals surface area contributed by atoms with E-state index in [0.717, 1.165) is 10.0 Å². The van der Waals surface area contributed by atoms with E-state index in [1.807, 2.05) is 30.3 Å². The first kappa shape index (κ1) is 13.7. The molecule has 0 unspecified atom stereocenters. The Balaban J connectivity index is 2.09. The zero-order chi connectivity index (χ0) is 11.6. The van der Waals surface area contributed by atoms with Gasteiger partial charge < -0.3 is 0 Å². The van der Waals surface area contributed by atoms with Crippen molar-refractivity contribution >= 4 is 24.8 Å². The number of benzene rings is 1. The average Bonchev–Trinajstić information content (AvgIpc) is 2.31. The molecule has 0 N–H and O–H groups in total. The fraction of sp³-hybridized carbons (Fsp3) is 0.462. The van der Waals surface area contributed by atoms with Gasteiger partial charge in [0.15, 0.2) is 0 Å². The van der Waals surface area contributed by atoms with Gasteiger partial charge in [0.1, 0.15) is 0 Å². The van der Waals surface area contributed by atoms with Crippen LogP contribution in [0.2, 0.25) is 4.47 Å². The van der Waals surface area contributed by atoms with Crippen LogP contribution >= 0.6 is 0 Å². The number of carbonyl (C=O) groups is 1. The van der Waals surface area contributed by atoms with Gasteiger partial charge in [-0.25, -0.2) is 0 Å². The summed E-state index contributed by atoms with van der Waals surface area (Å²) in [4.78, 5) is 11.4. The second kappa shape index (κ2) is 8.75. The van der Waals surface area contributed by atoms with E-state index in [-0.39, 0.29) is 0 Å². The molecule has 0 saturated carbocycles. The molecular formula is C13H18O2Te. The van der Waals surface area contributed by atoms with Crippen molar-refractivity contribution < 1.29 is 9.53 Å². The minimum absolute atomic E-state index is 0.306. The number of hydrogen-bond donors (Lipinski definition) is 0. The summed E-state index contributed by atoms with van der Waals surface area (Å²) in [5.74, 6) is 0. The number of carbonyl (C=O) groups excluding carboxylic acids is 1. The van der Waals surface area contributed by atoms with Crippen LogP contribution in [0, 0.1) is 0 Å². The van der Waals surface area contributed by atoms with Crippen LogP contribution in [0.5, 0.6) is 0 Å². The van der Waals surface area contributed by atoms with E-state index in [1.54, 1.807) is 0 Å².